The number of amides is 1. The Morgan fingerprint density at radius 3 is 2.45 bits per heavy atom. The summed E-state index contributed by atoms with van der Waals surface area (Å²) in [6, 6.07) is 7.36. The van der Waals surface area contributed by atoms with Gasteiger partial charge in [0.2, 0.25) is 0 Å². The van der Waals surface area contributed by atoms with Gasteiger partial charge < -0.3 is 25.2 Å². The molecule has 4 rings (SSSR count). The highest BCUT2D eigenvalue weighted by atomic mass is 35.5. The van der Waals surface area contributed by atoms with Crippen LogP contribution in [-0.4, -0.2) is 47.1 Å². The number of aliphatic hydroxyl groups excluding tert-OH is 1. The first-order chi connectivity index (χ1) is 13.6. The molecule has 0 saturated heterocycles. The minimum absolute atomic E-state index is 0.0585. The fraction of sp³-hybridized carbons (Fsp3) is 0.682. The molecule has 1 amide bonds. The number of carbonyl (C=O) groups excluding carboxylic acids is 1. The van der Waals surface area contributed by atoms with E-state index in [1.54, 1.807) is 0 Å². The van der Waals surface area contributed by atoms with Crippen LogP contribution in [-0.2, 0) is 4.74 Å². The number of nitrogens with one attached hydrogen (secondary N) is 2. The summed E-state index contributed by atoms with van der Waals surface area (Å²) in [5.74, 6) is 0.816. The molecule has 0 aliphatic heterocycles. The zero-order chi connectivity index (χ0) is 21.1. The van der Waals surface area contributed by atoms with Gasteiger partial charge >= 0.3 is 6.09 Å². The summed E-state index contributed by atoms with van der Waals surface area (Å²) in [4.78, 5) is 12.2. The normalized spacial score (nSPS) is 28.8. The molecule has 0 aromatic heterocycles. The molecule has 3 aliphatic rings. The lowest BCUT2D eigenvalue weighted by molar-refractivity contribution is -0.0645. The van der Waals surface area contributed by atoms with E-state index in [9.17, 15) is 9.90 Å². The summed E-state index contributed by atoms with van der Waals surface area (Å²) in [5.41, 5.74) is -1.17. The summed E-state index contributed by atoms with van der Waals surface area (Å²) < 4.78 is 11.1. The molecule has 3 N–H and O–H groups in total. The molecule has 7 heteroatoms. The van der Waals surface area contributed by atoms with Crippen molar-refractivity contribution in [1.29, 1.82) is 0 Å². The summed E-state index contributed by atoms with van der Waals surface area (Å²) in [6.45, 7) is 6.97. The molecule has 162 valence electrons. The molecule has 0 heterocycles. The predicted molar refractivity (Wildman–Crippen MR) is 113 cm³/mol. The van der Waals surface area contributed by atoms with Gasteiger partial charge in [-0.25, -0.2) is 4.79 Å². The second-order valence-electron chi connectivity index (χ2n) is 9.37. The molecule has 1 aromatic carbocycles. The van der Waals surface area contributed by atoms with Crippen molar-refractivity contribution in [3.8, 4) is 5.75 Å². The van der Waals surface area contributed by atoms with Gasteiger partial charge in [0.25, 0.3) is 0 Å². The molecule has 0 spiro atoms. The molecule has 3 aliphatic carbocycles. The largest absolute Gasteiger partial charge is 0.494 e. The van der Waals surface area contributed by atoms with Crippen LogP contribution in [0.1, 0.15) is 59.3 Å². The van der Waals surface area contributed by atoms with Crippen LogP contribution in [0.4, 0.5) is 4.79 Å². The second-order valence-corrected chi connectivity index (χ2v) is 9.80. The number of fused-ring (bicyclic) bond motifs is 3. The van der Waals surface area contributed by atoms with Crippen LogP contribution in [0.3, 0.4) is 0 Å². The number of aliphatic hydroxyl groups is 1. The molecule has 1 aromatic rings. The van der Waals surface area contributed by atoms with Crippen molar-refractivity contribution in [2.75, 3.05) is 13.2 Å². The van der Waals surface area contributed by atoms with Crippen molar-refractivity contribution < 1.29 is 19.4 Å². The maximum atomic E-state index is 12.2. The molecule has 3 fully saturated rings. The third-order valence-corrected chi connectivity index (χ3v) is 6.23. The smallest absolute Gasteiger partial charge is 0.408 e. The third kappa shape index (κ3) is 5.77. The van der Waals surface area contributed by atoms with Gasteiger partial charge in [-0.05, 0) is 90.1 Å². The molecule has 29 heavy (non-hydrogen) atoms. The number of ether oxygens (including phenoxy) is 2. The molecular formula is C22H33ClN2O4. The van der Waals surface area contributed by atoms with Crippen LogP contribution in [0.2, 0.25) is 5.02 Å². The van der Waals surface area contributed by atoms with E-state index in [2.05, 4.69) is 10.6 Å². The van der Waals surface area contributed by atoms with Crippen molar-refractivity contribution in [2.24, 2.45) is 0 Å². The zero-order valence-electron chi connectivity index (χ0n) is 17.6. The van der Waals surface area contributed by atoms with Gasteiger partial charge in [-0.3, -0.25) is 0 Å². The summed E-state index contributed by atoms with van der Waals surface area (Å²) in [6.07, 6.45) is 3.86. The number of halogens is 1. The van der Waals surface area contributed by atoms with Gasteiger partial charge in [0.15, 0.2) is 0 Å². The van der Waals surface area contributed by atoms with E-state index < -0.39 is 23.3 Å². The van der Waals surface area contributed by atoms with E-state index in [1.165, 1.54) is 0 Å². The van der Waals surface area contributed by atoms with E-state index in [0.717, 1.165) is 44.4 Å². The van der Waals surface area contributed by atoms with Crippen molar-refractivity contribution in [3.63, 3.8) is 0 Å². The average molecular weight is 425 g/mol. The standard InChI is InChI=1S/C22H33ClN2O4/c1-20(2,3)29-19(27)25-22-11-9-21(10-12-22,15-18(22)26)24-13-4-14-28-17-7-5-16(23)6-8-17/h5-8,18,24,26H,4,9-15H2,1-3H3,(H,25,27)/t18-,21?,22?/m1/s1. The number of hydrogen-bond donors (Lipinski definition) is 3. The number of carbonyl (C=O) groups is 1. The quantitative estimate of drug-likeness (QED) is 0.575. The van der Waals surface area contributed by atoms with Crippen molar-refractivity contribution in [2.45, 2.75) is 82.1 Å². The molecule has 1 atom stereocenters. The first kappa shape index (κ1) is 22.2. The fourth-order valence-electron chi connectivity index (χ4n) is 4.39. The predicted octanol–water partition coefficient (Wildman–Crippen LogP) is 4.04. The summed E-state index contributed by atoms with van der Waals surface area (Å²) in [5, 5.41) is 18.1. The van der Waals surface area contributed by atoms with Crippen molar-refractivity contribution in [1.82, 2.24) is 10.6 Å². The van der Waals surface area contributed by atoms with Crippen LogP contribution < -0.4 is 15.4 Å². The number of rotatable bonds is 7. The monoisotopic (exact) mass is 424 g/mol. The van der Waals surface area contributed by atoms with Crippen LogP contribution in [0, 0.1) is 0 Å². The van der Waals surface area contributed by atoms with Crippen LogP contribution in [0.5, 0.6) is 5.75 Å². The Hall–Kier alpha value is -1.50. The molecular weight excluding hydrogens is 392 g/mol. The highest BCUT2D eigenvalue weighted by Crippen LogP contribution is 2.47. The lowest BCUT2D eigenvalue weighted by atomic mass is 9.60. The summed E-state index contributed by atoms with van der Waals surface area (Å²) in [7, 11) is 0. The van der Waals surface area contributed by atoms with Gasteiger partial charge in [-0.1, -0.05) is 11.6 Å². The fourth-order valence-corrected chi connectivity index (χ4v) is 4.51. The van der Waals surface area contributed by atoms with E-state index in [-0.39, 0.29) is 5.54 Å². The van der Waals surface area contributed by atoms with Crippen LogP contribution >= 0.6 is 11.6 Å². The minimum Gasteiger partial charge on any atom is -0.494 e. The highest BCUT2D eigenvalue weighted by molar-refractivity contribution is 6.30. The van der Waals surface area contributed by atoms with E-state index in [4.69, 9.17) is 21.1 Å². The van der Waals surface area contributed by atoms with Crippen LogP contribution in [0.15, 0.2) is 24.3 Å². The number of benzene rings is 1. The zero-order valence-corrected chi connectivity index (χ0v) is 18.3. The van der Waals surface area contributed by atoms with E-state index in [1.807, 2.05) is 45.0 Å². The van der Waals surface area contributed by atoms with Gasteiger partial charge in [-0.15, -0.1) is 0 Å². The second kappa shape index (κ2) is 8.70. The Kier molecular flexibility index (Phi) is 6.66. The van der Waals surface area contributed by atoms with Crippen molar-refractivity contribution in [3.05, 3.63) is 29.3 Å². The first-order valence-corrected chi connectivity index (χ1v) is 10.8. The lowest BCUT2D eigenvalue weighted by Gasteiger charge is -2.56. The van der Waals surface area contributed by atoms with E-state index >= 15 is 0 Å². The Bertz CT molecular complexity index is 694. The highest BCUT2D eigenvalue weighted by Gasteiger charge is 2.54. The Labute approximate surface area is 178 Å². The maximum absolute atomic E-state index is 12.2. The minimum atomic E-state index is -0.574. The topological polar surface area (TPSA) is 79.8 Å². The van der Waals surface area contributed by atoms with Crippen molar-refractivity contribution >= 4 is 17.7 Å². The third-order valence-electron chi connectivity index (χ3n) is 5.97. The van der Waals surface area contributed by atoms with E-state index in [0.29, 0.717) is 18.1 Å². The Balaban J connectivity index is 1.43. The molecule has 0 unspecified atom stereocenters. The average Bonchev–Trinajstić information content (AvgIpc) is 2.63. The Morgan fingerprint density at radius 1 is 1.21 bits per heavy atom. The first-order valence-electron chi connectivity index (χ1n) is 10.4. The maximum Gasteiger partial charge on any atom is 0.408 e. The summed E-state index contributed by atoms with van der Waals surface area (Å²) >= 11 is 5.88. The lowest BCUT2D eigenvalue weighted by Crippen LogP contribution is -2.69. The van der Waals surface area contributed by atoms with Gasteiger partial charge in [0.05, 0.1) is 18.2 Å². The molecule has 3 saturated carbocycles. The van der Waals surface area contributed by atoms with Crippen LogP contribution in [0.25, 0.3) is 0 Å². The van der Waals surface area contributed by atoms with Gasteiger partial charge in [-0.2, -0.15) is 0 Å². The number of alkyl carbamates (subject to hydrolysis) is 1. The molecule has 0 radical (unpaired) electrons. The van der Waals surface area contributed by atoms with Gasteiger partial charge in [0, 0.05) is 10.6 Å². The van der Waals surface area contributed by atoms with Gasteiger partial charge in [0.1, 0.15) is 11.4 Å². The number of hydrogen-bond acceptors (Lipinski definition) is 5. The Morgan fingerprint density at radius 2 is 1.86 bits per heavy atom. The molecule has 2 bridgehead atoms. The SMILES string of the molecule is CC(C)(C)OC(=O)NC12CCC(NCCCOc3ccc(Cl)cc3)(CC1)C[C@H]2O. The molecule has 6 nitrogen and oxygen atoms in total.